The van der Waals surface area contributed by atoms with Crippen LogP contribution in [-0.2, 0) is 5.60 Å². The number of aliphatic hydroxyl groups is 1. The summed E-state index contributed by atoms with van der Waals surface area (Å²) in [6.45, 7) is 6.69. The molecule has 3 heteroatoms. The van der Waals surface area contributed by atoms with Gasteiger partial charge in [0.2, 0.25) is 0 Å². The molecule has 2 N–H and O–H groups in total. The van der Waals surface area contributed by atoms with E-state index in [-0.39, 0.29) is 0 Å². The molecule has 2 unspecified atom stereocenters. The molecule has 0 bridgehead atoms. The van der Waals surface area contributed by atoms with E-state index in [1.165, 1.54) is 19.3 Å². The second-order valence-corrected chi connectivity index (χ2v) is 4.88. The van der Waals surface area contributed by atoms with Crippen molar-refractivity contribution < 1.29 is 9.52 Å². The number of unbranched alkanes of at least 4 members (excludes halogenated alkanes) is 1. The zero-order valence-corrected chi connectivity index (χ0v) is 11.2. The molecule has 0 aromatic carbocycles. The summed E-state index contributed by atoms with van der Waals surface area (Å²) in [5.41, 5.74) is -0.927. The summed E-state index contributed by atoms with van der Waals surface area (Å²) in [5, 5.41) is 13.7. The highest BCUT2D eigenvalue weighted by Crippen LogP contribution is 2.20. The maximum atomic E-state index is 10.3. The molecular formula is C14H25NO2. The van der Waals surface area contributed by atoms with Crippen LogP contribution in [0.15, 0.2) is 22.8 Å². The largest absolute Gasteiger partial charge is 0.466 e. The van der Waals surface area contributed by atoms with Crippen LogP contribution in [0.5, 0.6) is 0 Å². The minimum Gasteiger partial charge on any atom is -0.466 e. The molecule has 0 aliphatic carbocycles. The summed E-state index contributed by atoms with van der Waals surface area (Å²) < 4.78 is 5.26. The fourth-order valence-corrected chi connectivity index (χ4v) is 1.92. The van der Waals surface area contributed by atoms with E-state index in [0.717, 1.165) is 6.42 Å². The molecular weight excluding hydrogens is 214 g/mol. The first-order valence-electron chi connectivity index (χ1n) is 6.60. The molecule has 17 heavy (non-hydrogen) atoms. The lowest BCUT2D eigenvalue weighted by Gasteiger charge is -2.25. The molecule has 0 radical (unpaired) electrons. The molecule has 3 nitrogen and oxygen atoms in total. The van der Waals surface area contributed by atoms with Crippen molar-refractivity contribution in [2.24, 2.45) is 0 Å². The summed E-state index contributed by atoms with van der Waals surface area (Å²) in [5.74, 6) is 0.621. The van der Waals surface area contributed by atoms with E-state index in [9.17, 15) is 5.11 Å². The summed E-state index contributed by atoms with van der Waals surface area (Å²) >= 11 is 0. The van der Waals surface area contributed by atoms with Crippen molar-refractivity contribution in [1.29, 1.82) is 0 Å². The molecule has 0 spiro atoms. The van der Waals surface area contributed by atoms with Crippen LogP contribution in [0, 0.1) is 0 Å². The van der Waals surface area contributed by atoms with Gasteiger partial charge in [-0.2, -0.15) is 0 Å². The standard InChI is InChI=1S/C14H25NO2/c1-4-6-8-12(5-2)15-11-14(3,16)13-9-7-10-17-13/h7,9-10,12,15-16H,4-6,8,11H2,1-3H3. The molecule has 1 aromatic heterocycles. The fourth-order valence-electron chi connectivity index (χ4n) is 1.92. The van der Waals surface area contributed by atoms with Gasteiger partial charge in [-0.15, -0.1) is 0 Å². The van der Waals surface area contributed by atoms with Gasteiger partial charge in [0.25, 0.3) is 0 Å². The minimum atomic E-state index is -0.927. The molecule has 0 saturated carbocycles. The highest BCUT2D eigenvalue weighted by molar-refractivity contribution is 5.08. The van der Waals surface area contributed by atoms with E-state index in [2.05, 4.69) is 19.2 Å². The van der Waals surface area contributed by atoms with Gasteiger partial charge in [0.05, 0.1) is 6.26 Å². The molecule has 1 aromatic rings. The summed E-state index contributed by atoms with van der Waals surface area (Å²) in [6, 6.07) is 4.10. The van der Waals surface area contributed by atoms with Crippen molar-refractivity contribution >= 4 is 0 Å². The SMILES string of the molecule is CCCCC(CC)NCC(C)(O)c1ccco1. The Morgan fingerprint density at radius 1 is 1.47 bits per heavy atom. The van der Waals surface area contributed by atoms with E-state index in [4.69, 9.17) is 4.42 Å². The first-order chi connectivity index (χ1) is 8.10. The Balaban J connectivity index is 2.42. The van der Waals surface area contributed by atoms with Gasteiger partial charge >= 0.3 is 0 Å². The highest BCUT2D eigenvalue weighted by Gasteiger charge is 2.26. The van der Waals surface area contributed by atoms with Crippen LogP contribution >= 0.6 is 0 Å². The van der Waals surface area contributed by atoms with Crippen molar-refractivity contribution in [3.8, 4) is 0 Å². The quantitative estimate of drug-likeness (QED) is 0.733. The fraction of sp³-hybridized carbons (Fsp3) is 0.714. The summed E-state index contributed by atoms with van der Waals surface area (Å²) in [7, 11) is 0. The Hall–Kier alpha value is -0.800. The van der Waals surface area contributed by atoms with Gasteiger partial charge in [0, 0.05) is 12.6 Å². The van der Waals surface area contributed by atoms with Crippen LogP contribution in [0.25, 0.3) is 0 Å². The predicted molar refractivity (Wildman–Crippen MR) is 69.9 cm³/mol. The van der Waals surface area contributed by atoms with Crippen molar-refractivity contribution in [1.82, 2.24) is 5.32 Å². The number of nitrogens with one attached hydrogen (secondary N) is 1. The summed E-state index contributed by atoms with van der Waals surface area (Å²) in [6.07, 6.45) is 6.30. The third kappa shape index (κ3) is 4.52. The van der Waals surface area contributed by atoms with E-state index < -0.39 is 5.60 Å². The first kappa shape index (κ1) is 14.3. The van der Waals surface area contributed by atoms with Gasteiger partial charge in [-0.3, -0.25) is 0 Å². The molecule has 1 heterocycles. The normalized spacial score (nSPS) is 16.7. The number of hydrogen-bond donors (Lipinski definition) is 2. The zero-order chi connectivity index (χ0) is 12.7. The third-order valence-corrected chi connectivity index (χ3v) is 3.19. The van der Waals surface area contributed by atoms with Crippen molar-refractivity contribution in [2.75, 3.05) is 6.54 Å². The Morgan fingerprint density at radius 2 is 2.24 bits per heavy atom. The average molecular weight is 239 g/mol. The van der Waals surface area contributed by atoms with Gasteiger partial charge in [-0.05, 0) is 31.9 Å². The summed E-state index contributed by atoms with van der Waals surface area (Å²) in [4.78, 5) is 0. The Bertz CT molecular complexity index is 293. The lowest BCUT2D eigenvalue weighted by atomic mass is 10.0. The second-order valence-electron chi connectivity index (χ2n) is 4.88. The molecule has 2 atom stereocenters. The molecule has 98 valence electrons. The van der Waals surface area contributed by atoms with Gasteiger partial charge in [-0.1, -0.05) is 26.7 Å². The maximum Gasteiger partial charge on any atom is 0.136 e. The number of rotatable bonds is 8. The molecule has 0 aliphatic rings. The second kappa shape index (κ2) is 6.82. The van der Waals surface area contributed by atoms with Gasteiger partial charge < -0.3 is 14.8 Å². The van der Waals surface area contributed by atoms with E-state index in [1.807, 2.05) is 6.07 Å². The van der Waals surface area contributed by atoms with Gasteiger partial charge in [0.15, 0.2) is 0 Å². The smallest absolute Gasteiger partial charge is 0.136 e. The zero-order valence-electron chi connectivity index (χ0n) is 11.2. The molecule has 1 rings (SSSR count). The van der Waals surface area contributed by atoms with Gasteiger partial charge in [0.1, 0.15) is 11.4 Å². The lowest BCUT2D eigenvalue weighted by Crippen LogP contribution is -2.40. The maximum absolute atomic E-state index is 10.3. The van der Waals surface area contributed by atoms with Gasteiger partial charge in [-0.25, -0.2) is 0 Å². The number of hydrogen-bond acceptors (Lipinski definition) is 3. The molecule has 0 fully saturated rings. The van der Waals surface area contributed by atoms with Crippen LogP contribution in [-0.4, -0.2) is 17.7 Å². The Labute approximate surface area is 104 Å². The van der Waals surface area contributed by atoms with E-state index in [1.54, 1.807) is 19.3 Å². The topological polar surface area (TPSA) is 45.4 Å². The van der Waals surface area contributed by atoms with Crippen LogP contribution in [0.1, 0.15) is 52.2 Å². The monoisotopic (exact) mass is 239 g/mol. The van der Waals surface area contributed by atoms with Crippen molar-refractivity contribution in [3.63, 3.8) is 0 Å². The van der Waals surface area contributed by atoms with Crippen LogP contribution in [0.2, 0.25) is 0 Å². The highest BCUT2D eigenvalue weighted by atomic mass is 16.4. The average Bonchev–Trinajstić information content (AvgIpc) is 2.83. The Morgan fingerprint density at radius 3 is 2.76 bits per heavy atom. The molecule has 0 saturated heterocycles. The van der Waals surface area contributed by atoms with E-state index >= 15 is 0 Å². The number of furan rings is 1. The lowest BCUT2D eigenvalue weighted by molar-refractivity contribution is 0.0311. The third-order valence-electron chi connectivity index (χ3n) is 3.19. The predicted octanol–water partition coefficient (Wildman–Crippen LogP) is 3.05. The van der Waals surface area contributed by atoms with Crippen LogP contribution < -0.4 is 5.32 Å². The van der Waals surface area contributed by atoms with Crippen molar-refractivity contribution in [3.05, 3.63) is 24.2 Å². The minimum absolute atomic E-state index is 0.483. The van der Waals surface area contributed by atoms with E-state index in [0.29, 0.717) is 18.3 Å². The first-order valence-corrected chi connectivity index (χ1v) is 6.60. The van der Waals surface area contributed by atoms with Crippen LogP contribution in [0.3, 0.4) is 0 Å². The molecule has 0 aliphatic heterocycles. The molecule has 0 amide bonds. The van der Waals surface area contributed by atoms with Crippen molar-refractivity contribution in [2.45, 2.75) is 58.1 Å². The van der Waals surface area contributed by atoms with Crippen LogP contribution in [0.4, 0.5) is 0 Å². The Kier molecular flexibility index (Phi) is 5.72.